The molecule has 1 fully saturated rings. The lowest BCUT2D eigenvalue weighted by molar-refractivity contribution is -0.146. The van der Waals surface area contributed by atoms with E-state index < -0.39 is 42.8 Å². The number of rotatable bonds is 6. The zero-order valence-electron chi connectivity index (χ0n) is 17.3. The van der Waals surface area contributed by atoms with Crippen LogP contribution in [0.3, 0.4) is 0 Å². The van der Waals surface area contributed by atoms with E-state index in [1.165, 1.54) is 18.5 Å². The maximum absolute atomic E-state index is 13.1. The number of benzene rings is 1. The summed E-state index contributed by atoms with van der Waals surface area (Å²) >= 11 is 6.12. The van der Waals surface area contributed by atoms with Gasteiger partial charge in [-0.3, -0.25) is 4.79 Å². The number of ether oxygens (including phenoxy) is 1. The predicted molar refractivity (Wildman–Crippen MR) is 115 cm³/mol. The Hall–Kier alpha value is -3.53. The number of hydrogen-bond acceptors (Lipinski definition) is 7. The highest BCUT2D eigenvalue weighted by atomic mass is 35.5. The van der Waals surface area contributed by atoms with Crippen LogP contribution < -0.4 is 11.1 Å². The van der Waals surface area contributed by atoms with Crippen molar-refractivity contribution in [2.75, 3.05) is 0 Å². The molecule has 4 rings (SSSR count). The fraction of sp³-hybridized carbons (Fsp3) is 0.273. The minimum absolute atomic E-state index is 0.0118. The lowest BCUT2D eigenvalue weighted by Gasteiger charge is -2.34. The number of amides is 1. The van der Waals surface area contributed by atoms with E-state index in [1.54, 1.807) is 25.1 Å². The monoisotopic (exact) mass is 476 g/mol. The van der Waals surface area contributed by atoms with Crippen LogP contribution in [0.15, 0.2) is 47.3 Å². The van der Waals surface area contributed by atoms with Crippen molar-refractivity contribution in [1.29, 1.82) is 0 Å². The highest BCUT2D eigenvalue weighted by Crippen LogP contribution is 2.40. The third-order valence-corrected chi connectivity index (χ3v) is 5.36. The molecule has 0 radical (unpaired) electrons. The Morgan fingerprint density at radius 1 is 1.30 bits per heavy atom. The number of fused-ring (bicyclic) bond motifs is 1. The number of furan rings is 1. The first-order valence-corrected chi connectivity index (χ1v) is 10.4. The Morgan fingerprint density at radius 3 is 2.64 bits per heavy atom. The number of alkyl halides is 2. The number of esters is 1. The van der Waals surface area contributed by atoms with E-state index in [1.807, 2.05) is 0 Å². The molecule has 0 saturated heterocycles. The summed E-state index contributed by atoms with van der Waals surface area (Å²) in [6.45, 7) is 1.67. The maximum Gasteiger partial charge on any atom is 0.342 e. The lowest BCUT2D eigenvalue weighted by atomic mass is 9.91. The number of carbonyl (C=O) groups excluding carboxylic acids is 2. The Kier molecular flexibility index (Phi) is 6.03. The van der Waals surface area contributed by atoms with Crippen molar-refractivity contribution in [2.45, 2.75) is 37.8 Å². The second kappa shape index (κ2) is 8.78. The first-order valence-electron chi connectivity index (χ1n) is 9.99. The summed E-state index contributed by atoms with van der Waals surface area (Å²) in [4.78, 5) is 33.3. The van der Waals surface area contributed by atoms with Gasteiger partial charge in [0.1, 0.15) is 23.0 Å². The van der Waals surface area contributed by atoms with Crippen molar-refractivity contribution in [3.8, 4) is 0 Å². The van der Waals surface area contributed by atoms with Gasteiger partial charge in [-0.1, -0.05) is 11.6 Å². The number of nitrogens with two attached hydrogens (primary N) is 1. The average Bonchev–Trinajstić information content (AvgIpc) is 3.17. The fourth-order valence-electron chi connectivity index (χ4n) is 3.44. The zero-order chi connectivity index (χ0) is 23.8. The topological polar surface area (TPSA) is 120 Å². The summed E-state index contributed by atoms with van der Waals surface area (Å²) in [5, 5.41) is 3.47. The molecule has 2 aromatic heterocycles. The van der Waals surface area contributed by atoms with Gasteiger partial charge >= 0.3 is 5.97 Å². The molecule has 1 aliphatic carbocycles. The molecule has 1 amide bonds. The first kappa shape index (κ1) is 22.7. The third-order valence-electron chi connectivity index (χ3n) is 5.14. The van der Waals surface area contributed by atoms with Crippen LogP contribution in [-0.4, -0.2) is 33.9 Å². The van der Waals surface area contributed by atoms with Crippen LogP contribution in [0.25, 0.3) is 16.5 Å². The van der Waals surface area contributed by atoms with Crippen molar-refractivity contribution in [3.63, 3.8) is 0 Å². The number of nitrogens with zero attached hydrogens (tertiary/aromatic N) is 2. The third kappa shape index (κ3) is 4.80. The molecule has 3 aromatic rings. The van der Waals surface area contributed by atoms with Gasteiger partial charge < -0.3 is 20.2 Å². The number of carbonyl (C=O) groups is 2. The van der Waals surface area contributed by atoms with Gasteiger partial charge in [-0.25, -0.2) is 23.5 Å². The average molecular weight is 477 g/mol. The Morgan fingerprint density at radius 2 is 2.00 bits per heavy atom. The highest BCUT2D eigenvalue weighted by Gasteiger charge is 2.47. The molecule has 2 heterocycles. The van der Waals surface area contributed by atoms with Crippen molar-refractivity contribution in [1.82, 2.24) is 15.3 Å². The van der Waals surface area contributed by atoms with Gasteiger partial charge in [-0.05, 0) is 31.2 Å². The molecule has 0 aliphatic heterocycles. The van der Waals surface area contributed by atoms with Gasteiger partial charge in [0, 0.05) is 41.8 Å². The van der Waals surface area contributed by atoms with Crippen LogP contribution in [0.4, 0.5) is 8.78 Å². The van der Waals surface area contributed by atoms with Gasteiger partial charge in [0.15, 0.2) is 5.82 Å². The number of halogens is 3. The largest absolute Gasteiger partial charge is 0.458 e. The number of hydrogen-bond donors (Lipinski definition) is 2. The van der Waals surface area contributed by atoms with Gasteiger partial charge in [0.2, 0.25) is 0 Å². The van der Waals surface area contributed by atoms with Crippen LogP contribution >= 0.6 is 11.6 Å². The van der Waals surface area contributed by atoms with Crippen molar-refractivity contribution < 1.29 is 27.5 Å². The van der Waals surface area contributed by atoms with Gasteiger partial charge in [0.05, 0.1) is 11.6 Å². The van der Waals surface area contributed by atoms with Crippen LogP contribution in [0.2, 0.25) is 5.02 Å². The maximum atomic E-state index is 13.1. The molecule has 11 heteroatoms. The summed E-state index contributed by atoms with van der Waals surface area (Å²) in [5.41, 5.74) is 5.84. The molecule has 1 aliphatic rings. The molecular weight excluding hydrogens is 458 g/mol. The zero-order valence-corrected chi connectivity index (χ0v) is 18.1. The molecule has 172 valence electrons. The summed E-state index contributed by atoms with van der Waals surface area (Å²) in [6.07, 6.45) is 2.17. The molecule has 33 heavy (non-hydrogen) atoms. The summed E-state index contributed by atoms with van der Waals surface area (Å²) in [6, 6.07) is 5.52. The first-order chi connectivity index (χ1) is 15.7. The normalized spacial score (nSPS) is 16.8. The second-order valence-electron chi connectivity index (χ2n) is 7.66. The van der Waals surface area contributed by atoms with E-state index in [2.05, 4.69) is 15.3 Å². The van der Waals surface area contributed by atoms with Crippen molar-refractivity contribution in [3.05, 3.63) is 65.0 Å². The molecular formula is C22H19ClF2N4O4. The van der Waals surface area contributed by atoms with E-state index in [-0.39, 0.29) is 27.6 Å². The lowest BCUT2D eigenvalue weighted by Crippen LogP contribution is -2.42. The highest BCUT2D eigenvalue weighted by molar-refractivity contribution is 6.32. The van der Waals surface area contributed by atoms with Gasteiger partial charge in [-0.15, -0.1) is 0 Å². The van der Waals surface area contributed by atoms with Crippen LogP contribution in [0.5, 0.6) is 0 Å². The number of nitrogens with one attached hydrogen (secondary N) is 1. The molecule has 8 nitrogen and oxygen atoms in total. The molecule has 3 N–H and O–H groups in total. The Labute approximate surface area is 191 Å². The van der Waals surface area contributed by atoms with Crippen molar-refractivity contribution >= 4 is 40.0 Å². The minimum Gasteiger partial charge on any atom is -0.458 e. The van der Waals surface area contributed by atoms with E-state index in [0.29, 0.717) is 11.1 Å². The number of aromatic nitrogens is 2. The molecule has 1 atom stereocenters. The predicted octanol–water partition coefficient (Wildman–Crippen LogP) is 4.01. The van der Waals surface area contributed by atoms with Crippen LogP contribution in [0, 0.1) is 0 Å². The molecule has 0 spiro atoms. The van der Waals surface area contributed by atoms with E-state index >= 15 is 0 Å². The van der Waals surface area contributed by atoms with Crippen LogP contribution in [0.1, 0.15) is 47.7 Å². The minimum atomic E-state index is -2.82. The second-order valence-corrected chi connectivity index (χ2v) is 8.10. The van der Waals surface area contributed by atoms with Crippen molar-refractivity contribution in [2.24, 2.45) is 5.73 Å². The van der Waals surface area contributed by atoms with E-state index in [0.717, 1.165) is 6.20 Å². The van der Waals surface area contributed by atoms with Gasteiger partial charge in [0.25, 0.3) is 11.8 Å². The summed E-state index contributed by atoms with van der Waals surface area (Å²) < 4.78 is 37.1. The standard InChI is InChI=1S/C22H19ClF2N4O4/c1-11(29-20(30)16(10-26)19-27-3-2-4-28-19)17-6-12-5-13(23)7-15(18(12)33-17)21(31)32-14-8-22(24,25)9-14/h2-7,10-11,14H,8-9,26H2,1H3,(H,29,30)/b16-10+/t11-/m0/s1. The van der Waals surface area contributed by atoms with Gasteiger partial charge in [-0.2, -0.15) is 0 Å². The quantitative estimate of drug-likeness (QED) is 0.407. The molecule has 0 unspecified atom stereocenters. The molecule has 1 saturated carbocycles. The Bertz CT molecular complexity index is 1240. The smallest absolute Gasteiger partial charge is 0.342 e. The summed E-state index contributed by atoms with van der Waals surface area (Å²) in [5.74, 6) is -3.67. The fourth-order valence-corrected chi connectivity index (χ4v) is 3.67. The van der Waals surface area contributed by atoms with E-state index in [9.17, 15) is 18.4 Å². The SMILES string of the molecule is C[C@H](NC(=O)/C(=C/N)c1ncccn1)c1cc2cc(Cl)cc(C(=O)OC3CC(F)(F)C3)c2o1. The molecule has 0 bridgehead atoms. The Balaban J connectivity index is 1.54. The van der Waals surface area contributed by atoms with Crippen LogP contribution in [-0.2, 0) is 9.53 Å². The molecule has 1 aromatic carbocycles. The van der Waals surface area contributed by atoms with E-state index in [4.69, 9.17) is 26.5 Å². The summed E-state index contributed by atoms with van der Waals surface area (Å²) in [7, 11) is 0.